The van der Waals surface area contributed by atoms with Crippen LogP contribution in [0.2, 0.25) is 0 Å². The highest BCUT2D eigenvalue weighted by Gasteiger charge is 2.09. The van der Waals surface area contributed by atoms with Crippen LogP contribution >= 0.6 is 11.3 Å². The van der Waals surface area contributed by atoms with E-state index in [1.165, 1.54) is 70.6 Å². The Bertz CT molecular complexity index is 993. The van der Waals surface area contributed by atoms with E-state index in [1.54, 1.807) is 11.3 Å². The van der Waals surface area contributed by atoms with Gasteiger partial charge in [0.2, 0.25) is 5.51 Å². The zero-order valence-corrected chi connectivity index (χ0v) is 24.7. The fourth-order valence-electron chi connectivity index (χ4n) is 4.35. The highest BCUT2D eigenvalue weighted by Crippen LogP contribution is 2.17. The molecule has 0 aliphatic rings. The molecule has 0 aliphatic heterocycles. The number of benzene rings is 2. The third kappa shape index (κ3) is 12.8. The van der Waals surface area contributed by atoms with Gasteiger partial charge in [-0.3, -0.25) is 4.79 Å². The molecule has 0 spiro atoms. The van der Waals surface area contributed by atoms with E-state index in [2.05, 4.69) is 40.0 Å². The van der Waals surface area contributed by atoms with Crippen LogP contribution in [0, 0.1) is 0 Å². The molecule has 202 valence electrons. The van der Waals surface area contributed by atoms with Gasteiger partial charge in [0.15, 0.2) is 12.7 Å². The molecule has 0 saturated carbocycles. The first-order chi connectivity index (χ1) is 17.7. The fraction of sp³-hybridized carbons (Fsp3) is 0.484. The van der Waals surface area contributed by atoms with Gasteiger partial charge in [0.1, 0.15) is 5.75 Å². The number of halogens is 1. The first kappa shape index (κ1) is 31.0. The van der Waals surface area contributed by atoms with Crippen molar-refractivity contribution >= 4 is 22.9 Å². The second-order valence-corrected chi connectivity index (χ2v) is 10.4. The van der Waals surface area contributed by atoms with Crippen LogP contribution in [0.5, 0.6) is 5.75 Å². The first-order valence-electron chi connectivity index (χ1n) is 13.8. The van der Waals surface area contributed by atoms with Gasteiger partial charge in [0.05, 0.1) is 12.0 Å². The molecule has 0 unspecified atom stereocenters. The van der Waals surface area contributed by atoms with E-state index in [0.717, 1.165) is 36.6 Å². The molecular weight excluding hydrogens is 544 g/mol. The largest absolute Gasteiger partial charge is 1.00 e. The van der Waals surface area contributed by atoms with E-state index >= 15 is 0 Å². The molecule has 6 heteroatoms. The maximum absolute atomic E-state index is 12.7. The number of unbranched alkanes of at least 4 members (excludes halogenated alkanes) is 11. The quantitative estimate of drug-likeness (QED) is 0.160. The van der Waals surface area contributed by atoms with Crippen LogP contribution in [-0.4, -0.2) is 12.5 Å². The Labute approximate surface area is 238 Å². The normalized spacial score (nSPS) is 10.6. The standard InChI is InChI=1S/C31H42N2O2S.BrH/c1-2-3-4-5-6-7-8-9-10-11-12-13-22-35-30-19-17-28(18-20-30)31(34)32-29-16-14-15-27(24-29)25-33-21-23-36-26-33;/h14-21,23-24,26H,2-13,22,25H2,1H3;1H. The number of hydrogen-bond donors (Lipinski definition) is 1. The maximum Gasteiger partial charge on any atom is 0.255 e. The minimum absolute atomic E-state index is 0. The topological polar surface area (TPSA) is 42.2 Å². The van der Waals surface area contributed by atoms with E-state index in [-0.39, 0.29) is 22.9 Å². The number of hydrogen-bond acceptors (Lipinski definition) is 3. The van der Waals surface area contributed by atoms with Gasteiger partial charge in [-0.05, 0) is 42.8 Å². The molecule has 1 N–H and O–H groups in total. The van der Waals surface area contributed by atoms with Crippen LogP contribution in [0.1, 0.15) is 99.9 Å². The predicted molar refractivity (Wildman–Crippen MR) is 151 cm³/mol. The van der Waals surface area contributed by atoms with Gasteiger partial charge in [-0.2, -0.15) is 4.57 Å². The number of carbonyl (C=O) groups excluding carboxylic acids is 1. The summed E-state index contributed by atoms with van der Waals surface area (Å²) < 4.78 is 8.01. The van der Waals surface area contributed by atoms with E-state index in [0.29, 0.717) is 5.56 Å². The molecule has 3 aromatic rings. The van der Waals surface area contributed by atoms with Gasteiger partial charge in [-0.15, -0.1) is 0 Å². The summed E-state index contributed by atoms with van der Waals surface area (Å²) in [7, 11) is 0. The van der Waals surface area contributed by atoms with Crippen LogP contribution in [0.4, 0.5) is 5.69 Å². The van der Waals surface area contributed by atoms with Gasteiger partial charge >= 0.3 is 0 Å². The van der Waals surface area contributed by atoms with Crippen molar-refractivity contribution in [1.29, 1.82) is 0 Å². The second-order valence-electron chi connectivity index (χ2n) is 9.62. The number of carbonyl (C=O) groups is 1. The molecule has 0 atom stereocenters. The molecule has 1 heterocycles. The number of anilines is 1. The van der Waals surface area contributed by atoms with Gasteiger partial charge in [0, 0.05) is 16.8 Å². The summed E-state index contributed by atoms with van der Waals surface area (Å²) in [6, 6.07) is 15.4. The third-order valence-corrected chi connectivity index (χ3v) is 7.13. The summed E-state index contributed by atoms with van der Waals surface area (Å²) in [4.78, 5) is 12.7. The van der Waals surface area contributed by atoms with E-state index in [9.17, 15) is 4.79 Å². The molecule has 1 amide bonds. The van der Waals surface area contributed by atoms with E-state index < -0.39 is 0 Å². The Morgan fingerprint density at radius 3 is 2.14 bits per heavy atom. The van der Waals surface area contributed by atoms with Crippen molar-refractivity contribution in [2.75, 3.05) is 11.9 Å². The van der Waals surface area contributed by atoms with Crippen molar-refractivity contribution in [2.24, 2.45) is 0 Å². The van der Waals surface area contributed by atoms with Gasteiger partial charge in [-0.25, -0.2) is 0 Å². The van der Waals surface area contributed by atoms with Crippen LogP contribution in [0.3, 0.4) is 0 Å². The summed E-state index contributed by atoms with van der Waals surface area (Å²) in [6.07, 6.45) is 18.1. The Morgan fingerprint density at radius 2 is 1.51 bits per heavy atom. The van der Waals surface area contributed by atoms with Crippen LogP contribution in [0.25, 0.3) is 0 Å². The lowest BCUT2D eigenvalue weighted by Gasteiger charge is -2.09. The van der Waals surface area contributed by atoms with Crippen molar-refractivity contribution in [1.82, 2.24) is 0 Å². The van der Waals surface area contributed by atoms with Crippen LogP contribution in [0.15, 0.2) is 65.6 Å². The lowest BCUT2D eigenvalue weighted by Crippen LogP contribution is -3.00. The summed E-state index contributed by atoms with van der Waals surface area (Å²) in [5.41, 5.74) is 4.66. The molecule has 0 radical (unpaired) electrons. The predicted octanol–water partition coefficient (Wildman–Crippen LogP) is 5.42. The molecule has 4 nitrogen and oxygen atoms in total. The van der Waals surface area contributed by atoms with Crippen molar-refractivity contribution in [3.05, 3.63) is 76.7 Å². The molecule has 0 fully saturated rings. The molecule has 37 heavy (non-hydrogen) atoms. The average Bonchev–Trinajstić information content (AvgIpc) is 3.40. The minimum Gasteiger partial charge on any atom is -1.00 e. The van der Waals surface area contributed by atoms with Crippen molar-refractivity contribution in [2.45, 2.75) is 90.5 Å². The van der Waals surface area contributed by atoms with Gasteiger partial charge in [-0.1, -0.05) is 101 Å². The summed E-state index contributed by atoms with van der Waals surface area (Å²) in [6.45, 7) is 3.80. The summed E-state index contributed by atoms with van der Waals surface area (Å²) >= 11 is 1.67. The Balaban J connectivity index is 0.00000481. The van der Waals surface area contributed by atoms with E-state index in [1.807, 2.05) is 42.5 Å². The average molecular weight is 588 g/mol. The number of thiazole rings is 1. The Hall–Kier alpha value is -2.18. The lowest BCUT2D eigenvalue weighted by atomic mass is 10.1. The van der Waals surface area contributed by atoms with Crippen molar-refractivity contribution < 1.29 is 31.1 Å². The highest BCUT2D eigenvalue weighted by molar-refractivity contribution is 7.07. The Kier molecular flexibility index (Phi) is 15.9. The lowest BCUT2D eigenvalue weighted by molar-refractivity contribution is -0.683. The van der Waals surface area contributed by atoms with Gasteiger partial charge in [0.25, 0.3) is 5.91 Å². The minimum atomic E-state index is -0.108. The number of nitrogens with zero attached hydrogens (tertiary/aromatic N) is 1. The molecule has 0 saturated heterocycles. The highest BCUT2D eigenvalue weighted by atomic mass is 79.9. The zero-order valence-electron chi connectivity index (χ0n) is 22.3. The first-order valence-corrected chi connectivity index (χ1v) is 14.7. The SMILES string of the molecule is CCCCCCCCCCCCCCOc1ccc(C(=O)Nc2cccc(C[n+]3ccsc3)c2)cc1.[Br-]. The molecular formula is C31H43BrN2O2S. The van der Waals surface area contributed by atoms with Gasteiger partial charge < -0.3 is 27.0 Å². The third-order valence-electron chi connectivity index (χ3n) is 6.46. The monoisotopic (exact) mass is 586 g/mol. The number of aromatic nitrogens is 1. The summed E-state index contributed by atoms with van der Waals surface area (Å²) in [5, 5.41) is 5.06. The van der Waals surface area contributed by atoms with E-state index in [4.69, 9.17) is 4.74 Å². The molecule has 1 aromatic heterocycles. The molecule has 0 bridgehead atoms. The number of nitrogens with one attached hydrogen (secondary N) is 1. The second kappa shape index (κ2) is 19.0. The Morgan fingerprint density at radius 1 is 0.865 bits per heavy atom. The fourth-order valence-corrected chi connectivity index (χ4v) is 4.95. The number of rotatable bonds is 18. The number of amides is 1. The smallest absolute Gasteiger partial charge is 0.255 e. The van der Waals surface area contributed by atoms with Crippen molar-refractivity contribution in [3.63, 3.8) is 0 Å². The summed E-state index contributed by atoms with van der Waals surface area (Å²) in [5.74, 6) is 0.715. The van der Waals surface area contributed by atoms with Crippen LogP contribution in [-0.2, 0) is 6.54 Å². The molecule has 2 aromatic carbocycles. The van der Waals surface area contributed by atoms with Crippen molar-refractivity contribution in [3.8, 4) is 5.75 Å². The van der Waals surface area contributed by atoms with Crippen LogP contribution < -0.4 is 31.6 Å². The molecule has 3 rings (SSSR count). The molecule has 0 aliphatic carbocycles. The maximum atomic E-state index is 12.7. The zero-order chi connectivity index (χ0) is 25.3. The number of ether oxygens (including phenoxy) is 1.